The van der Waals surface area contributed by atoms with Crippen LogP contribution in [0.1, 0.15) is 30.6 Å². The number of halogens is 1. The zero-order valence-electron chi connectivity index (χ0n) is 12.1. The monoisotopic (exact) mass is 296 g/mol. The molecule has 0 aliphatic carbocycles. The van der Waals surface area contributed by atoms with Gasteiger partial charge in [0, 0.05) is 30.9 Å². The number of likely N-dealkylation sites (N-methyl/N-ethyl adjacent to an activating group) is 1. The van der Waals surface area contributed by atoms with Crippen LogP contribution in [0.3, 0.4) is 0 Å². The third-order valence-corrected chi connectivity index (χ3v) is 3.97. The van der Waals surface area contributed by atoms with E-state index in [2.05, 4.69) is 5.32 Å². The summed E-state index contributed by atoms with van der Waals surface area (Å²) in [6, 6.07) is 5.48. The van der Waals surface area contributed by atoms with Gasteiger partial charge in [-0.25, -0.2) is 0 Å². The Morgan fingerprint density at radius 3 is 2.90 bits per heavy atom. The zero-order chi connectivity index (χ0) is 14.7. The quantitative estimate of drug-likeness (QED) is 0.928. The van der Waals surface area contributed by atoms with Gasteiger partial charge in [-0.3, -0.25) is 4.79 Å². The summed E-state index contributed by atoms with van der Waals surface area (Å²) in [7, 11) is 1.83. The van der Waals surface area contributed by atoms with Gasteiger partial charge < -0.3 is 15.0 Å². The Hall–Kier alpha value is -1.26. The van der Waals surface area contributed by atoms with Gasteiger partial charge in [0.05, 0.1) is 17.7 Å². The highest BCUT2D eigenvalue weighted by atomic mass is 35.5. The van der Waals surface area contributed by atoms with Crippen LogP contribution in [0.5, 0.6) is 0 Å². The molecule has 1 aromatic rings. The predicted octanol–water partition coefficient (Wildman–Crippen LogP) is 3.02. The Bertz CT molecular complexity index is 493. The maximum atomic E-state index is 12.7. The van der Waals surface area contributed by atoms with E-state index in [1.807, 2.05) is 27.0 Å². The van der Waals surface area contributed by atoms with Crippen LogP contribution in [0.15, 0.2) is 18.2 Å². The van der Waals surface area contributed by atoms with E-state index in [1.54, 1.807) is 17.0 Å². The molecule has 1 aromatic carbocycles. The topological polar surface area (TPSA) is 41.6 Å². The van der Waals surface area contributed by atoms with Crippen molar-refractivity contribution < 1.29 is 9.53 Å². The molecule has 2 rings (SSSR count). The highest BCUT2D eigenvalue weighted by molar-refractivity contribution is 6.31. The molecule has 1 aliphatic heterocycles. The average molecular weight is 297 g/mol. The van der Waals surface area contributed by atoms with Crippen LogP contribution in [0.4, 0.5) is 5.69 Å². The Kier molecular flexibility index (Phi) is 4.89. The van der Waals surface area contributed by atoms with E-state index in [4.69, 9.17) is 16.3 Å². The van der Waals surface area contributed by atoms with Crippen molar-refractivity contribution in [1.82, 2.24) is 4.90 Å². The minimum atomic E-state index is -0.0224. The van der Waals surface area contributed by atoms with Gasteiger partial charge in [-0.05, 0) is 38.5 Å². The predicted molar refractivity (Wildman–Crippen MR) is 81.5 cm³/mol. The lowest BCUT2D eigenvalue weighted by Gasteiger charge is -2.27. The number of anilines is 1. The summed E-state index contributed by atoms with van der Waals surface area (Å²) in [4.78, 5) is 14.5. The highest BCUT2D eigenvalue weighted by Gasteiger charge is 2.31. The molecule has 1 fully saturated rings. The van der Waals surface area contributed by atoms with Gasteiger partial charge in [0.1, 0.15) is 0 Å². The maximum Gasteiger partial charge on any atom is 0.256 e. The zero-order valence-corrected chi connectivity index (χ0v) is 12.9. The Morgan fingerprint density at radius 2 is 2.30 bits per heavy atom. The third kappa shape index (κ3) is 3.07. The van der Waals surface area contributed by atoms with Crippen molar-refractivity contribution in [3.8, 4) is 0 Å². The van der Waals surface area contributed by atoms with E-state index in [0.717, 1.165) is 18.7 Å². The number of carbonyl (C=O) groups is 1. The van der Waals surface area contributed by atoms with E-state index in [0.29, 0.717) is 17.2 Å². The van der Waals surface area contributed by atoms with Crippen molar-refractivity contribution in [3.63, 3.8) is 0 Å². The summed E-state index contributed by atoms with van der Waals surface area (Å²) < 4.78 is 5.54. The summed E-state index contributed by atoms with van der Waals surface area (Å²) in [5, 5.41) is 3.77. The van der Waals surface area contributed by atoms with E-state index in [-0.39, 0.29) is 18.1 Å². The summed E-state index contributed by atoms with van der Waals surface area (Å²) in [5.74, 6) is -0.0224. The van der Waals surface area contributed by atoms with Crippen LogP contribution in [0.25, 0.3) is 0 Å². The first-order chi connectivity index (χ1) is 9.54. The first-order valence-electron chi connectivity index (χ1n) is 6.96. The van der Waals surface area contributed by atoms with Crippen LogP contribution in [-0.4, -0.2) is 43.2 Å². The molecule has 5 heteroatoms. The Morgan fingerprint density at radius 1 is 1.55 bits per heavy atom. The molecular weight excluding hydrogens is 276 g/mol. The normalized spacial score (nSPS) is 21.8. The van der Waals surface area contributed by atoms with Crippen LogP contribution >= 0.6 is 11.6 Å². The average Bonchev–Trinajstić information content (AvgIpc) is 2.85. The fourth-order valence-corrected chi connectivity index (χ4v) is 2.78. The van der Waals surface area contributed by atoms with Crippen molar-refractivity contribution in [2.75, 3.05) is 25.5 Å². The molecule has 1 saturated heterocycles. The second-order valence-electron chi connectivity index (χ2n) is 5.07. The maximum absolute atomic E-state index is 12.7. The summed E-state index contributed by atoms with van der Waals surface area (Å²) in [6.07, 6.45) is 0.950. The minimum absolute atomic E-state index is 0.0224. The molecule has 2 unspecified atom stereocenters. The number of ether oxygens (including phenoxy) is 1. The van der Waals surface area contributed by atoms with Gasteiger partial charge in [-0.15, -0.1) is 0 Å². The first kappa shape index (κ1) is 15.1. The molecule has 2 atom stereocenters. The lowest BCUT2D eigenvalue weighted by atomic mass is 10.1. The molecule has 1 heterocycles. The molecule has 1 amide bonds. The second-order valence-corrected chi connectivity index (χ2v) is 5.50. The number of hydrogen-bond donors (Lipinski definition) is 1. The van der Waals surface area contributed by atoms with Crippen LogP contribution < -0.4 is 5.32 Å². The van der Waals surface area contributed by atoms with Gasteiger partial charge in [-0.1, -0.05) is 11.6 Å². The Labute approximate surface area is 125 Å². The molecule has 0 radical (unpaired) electrons. The van der Waals surface area contributed by atoms with Crippen molar-refractivity contribution >= 4 is 23.2 Å². The molecule has 110 valence electrons. The number of nitrogens with zero attached hydrogens (tertiary/aromatic N) is 1. The minimum Gasteiger partial charge on any atom is -0.385 e. The molecule has 1 N–H and O–H groups in total. The first-order valence-corrected chi connectivity index (χ1v) is 7.34. The lowest BCUT2D eigenvalue weighted by molar-refractivity contribution is 0.0575. The molecule has 0 aromatic heterocycles. The molecule has 0 saturated carbocycles. The van der Waals surface area contributed by atoms with Crippen LogP contribution in [-0.2, 0) is 4.74 Å². The number of benzene rings is 1. The van der Waals surface area contributed by atoms with E-state index in [1.165, 1.54) is 0 Å². The second kappa shape index (κ2) is 6.46. The van der Waals surface area contributed by atoms with Gasteiger partial charge >= 0.3 is 0 Å². The van der Waals surface area contributed by atoms with Crippen LogP contribution in [0.2, 0.25) is 5.02 Å². The number of rotatable bonds is 4. The van der Waals surface area contributed by atoms with E-state index < -0.39 is 0 Å². The summed E-state index contributed by atoms with van der Waals surface area (Å²) >= 11 is 6.03. The number of hydrogen-bond acceptors (Lipinski definition) is 3. The van der Waals surface area contributed by atoms with E-state index >= 15 is 0 Å². The molecule has 0 bridgehead atoms. The molecule has 20 heavy (non-hydrogen) atoms. The van der Waals surface area contributed by atoms with Gasteiger partial charge in [0.2, 0.25) is 0 Å². The van der Waals surface area contributed by atoms with Gasteiger partial charge in [0.15, 0.2) is 0 Å². The van der Waals surface area contributed by atoms with Gasteiger partial charge in [-0.2, -0.15) is 0 Å². The standard InChI is InChI=1S/C15H21ClN2O2/c1-4-17-13-6-5-11(16)9-12(13)15(19)18(3)14-7-8-20-10(14)2/h5-6,9-10,14,17H,4,7-8H2,1-3H3. The lowest BCUT2D eigenvalue weighted by Crippen LogP contribution is -2.41. The van der Waals surface area contributed by atoms with Gasteiger partial charge in [0.25, 0.3) is 5.91 Å². The fourth-order valence-electron chi connectivity index (χ4n) is 2.61. The number of nitrogens with one attached hydrogen (secondary N) is 1. The SMILES string of the molecule is CCNc1ccc(Cl)cc1C(=O)N(C)C1CCOC1C. The largest absolute Gasteiger partial charge is 0.385 e. The summed E-state index contributed by atoms with van der Waals surface area (Å²) in [6.45, 7) is 5.47. The summed E-state index contributed by atoms with van der Waals surface area (Å²) in [5.41, 5.74) is 1.43. The smallest absolute Gasteiger partial charge is 0.256 e. The van der Waals surface area contributed by atoms with Crippen molar-refractivity contribution in [3.05, 3.63) is 28.8 Å². The molecule has 0 spiro atoms. The number of amides is 1. The third-order valence-electron chi connectivity index (χ3n) is 3.73. The fraction of sp³-hybridized carbons (Fsp3) is 0.533. The van der Waals surface area contributed by atoms with Crippen molar-refractivity contribution in [2.24, 2.45) is 0 Å². The Balaban J connectivity index is 2.25. The number of carbonyl (C=O) groups excluding carboxylic acids is 1. The molecule has 4 nitrogen and oxygen atoms in total. The van der Waals surface area contributed by atoms with E-state index in [9.17, 15) is 4.79 Å². The van der Waals surface area contributed by atoms with Crippen molar-refractivity contribution in [1.29, 1.82) is 0 Å². The molecular formula is C15H21ClN2O2. The molecule has 1 aliphatic rings. The van der Waals surface area contributed by atoms with Crippen molar-refractivity contribution in [2.45, 2.75) is 32.4 Å². The van der Waals surface area contributed by atoms with Crippen LogP contribution in [0, 0.1) is 0 Å². The highest BCUT2D eigenvalue weighted by Crippen LogP contribution is 2.25.